The van der Waals surface area contributed by atoms with Crippen molar-refractivity contribution < 1.29 is 43.9 Å². The molecule has 0 unspecified atom stereocenters. The Labute approximate surface area is 215 Å². The molecule has 2 aromatic heterocycles. The van der Waals surface area contributed by atoms with Gasteiger partial charge in [-0.05, 0) is 42.0 Å². The van der Waals surface area contributed by atoms with Gasteiger partial charge in [0.15, 0.2) is 15.7 Å². The summed E-state index contributed by atoms with van der Waals surface area (Å²) in [5.74, 6) is -1.35. The van der Waals surface area contributed by atoms with E-state index < -0.39 is 56.1 Å². The van der Waals surface area contributed by atoms with Crippen LogP contribution >= 0.6 is 0 Å². The third-order valence-electron chi connectivity index (χ3n) is 5.56. The Hall–Kier alpha value is -4.01. The molecule has 2 aromatic carbocycles. The number of alkyl halides is 7. The fraction of sp³-hybridized carbons (Fsp3) is 0.208. The second-order valence-corrected chi connectivity index (χ2v) is 10.3. The molecule has 2 heterocycles. The number of benzene rings is 2. The van der Waals surface area contributed by atoms with E-state index in [2.05, 4.69) is 14.7 Å². The van der Waals surface area contributed by atoms with Crippen molar-refractivity contribution in [2.24, 2.45) is 0 Å². The maximum Gasteiger partial charge on any atom is 0.461 e. The standard InChI is InChI=1S/C24H16F7N3O4S/c1-2-39(36,37)19-9-14(13-3-6-16(7-4-13)38-24(30,31)22(25)26)11-32-20(19)34-12-33-18-10-15(23(27,28)29)5-8-17(18)21(34)35/h3-12,22H,2H2,1H3. The minimum atomic E-state index is -4.72. The topological polar surface area (TPSA) is 91.2 Å². The Morgan fingerprint density at radius 3 is 2.21 bits per heavy atom. The smallest absolute Gasteiger partial charge is 0.428 e. The minimum absolute atomic E-state index is 0.162. The van der Waals surface area contributed by atoms with E-state index in [0.29, 0.717) is 12.1 Å². The molecule has 0 saturated carbocycles. The molecule has 0 amide bonds. The Kier molecular flexibility index (Phi) is 7.14. The van der Waals surface area contributed by atoms with Gasteiger partial charge < -0.3 is 4.74 Å². The van der Waals surface area contributed by atoms with Crippen LogP contribution in [0.3, 0.4) is 0 Å². The van der Waals surface area contributed by atoms with E-state index in [4.69, 9.17) is 0 Å². The zero-order valence-electron chi connectivity index (χ0n) is 19.6. The highest BCUT2D eigenvalue weighted by Gasteiger charge is 2.44. The molecule has 39 heavy (non-hydrogen) atoms. The van der Waals surface area contributed by atoms with Crippen LogP contribution in [0.25, 0.3) is 27.8 Å². The first-order valence-corrected chi connectivity index (χ1v) is 12.6. The Balaban J connectivity index is 1.80. The van der Waals surface area contributed by atoms with Crippen molar-refractivity contribution in [2.75, 3.05) is 5.75 Å². The molecule has 0 atom stereocenters. The van der Waals surface area contributed by atoms with E-state index in [1.807, 2.05) is 0 Å². The van der Waals surface area contributed by atoms with Gasteiger partial charge in [-0.3, -0.25) is 4.79 Å². The van der Waals surface area contributed by atoms with Crippen LogP contribution in [0.2, 0.25) is 0 Å². The van der Waals surface area contributed by atoms with Crippen LogP contribution in [0.5, 0.6) is 5.75 Å². The fourth-order valence-corrected chi connectivity index (χ4v) is 4.57. The number of aromatic nitrogens is 3. The van der Waals surface area contributed by atoms with Crippen molar-refractivity contribution in [3.8, 4) is 22.7 Å². The number of ether oxygens (including phenoxy) is 1. The third-order valence-corrected chi connectivity index (χ3v) is 7.29. The second kappa shape index (κ2) is 9.94. The molecule has 0 N–H and O–H groups in total. The summed E-state index contributed by atoms with van der Waals surface area (Å²) in [6.45, 7) is 1.33. The van der Waals surface area contributed by atoms with Crippen molar-refractivity contribution in [1.82, 2.24) is 14.5 Å². The van der Waals surface area contributed by atoms with Crippen LogP contribution < -0.4 is 10.3 Å². The Morgan fingerprint density at radius 1 is 0.949 bits per heavy atom. The lowest BCUT2D eigenvalue weighted by atomic mass is 10.1. The van der Waals surface area contributed by atoms with Crippen LogP contribution in [0.15, 0.2) is 70.7 Å². The molecule has 4 rings (SSSR count). The summed E-state index contributed by atoms with van der Waals surface area (Å²) in [5.41, 5.74) is -1.75. The van der Waals surface area contributed by atoms with Gasteiger partial charge in [0.2, 0.25) is 0 Å². The molecule has 7 nitrogen and oxygen atoms in total. The summed E-state index contributed by atoms with van der Waals surface area (Å²) in [5, 5.41) is -0.215. The number of fused-ring (bicyclic) bond motifs is 1. The van der Waals surface area contributed by atoms with Crippen LogP contribution in [0, 0.1) is 0 Å². The number of sulfone groups is 1. The molecule has 0 bridgehead atoms. The first kappa shape index (κ1) is 28.0. The van der Waals surface area contributed by atoms with Gasteiger partial charge in [-0.2, -0.15) is 30.7 Å². The van der Waals surface area contributed by atoms with Gasteiger partial charge in [-0.15, -0.1) is 0 Å². The summed E-state index contributed by atoms with van der Waals surface area (Å²) in [6, 6.07) is 7.82. The summed E-state index contributed by atoms with van der Waals surface area (Å²) in [7, 11) is -4.05. The molecule has 0 aliphatic carbocycles. The summed E-state index contributed by atoms with van der Waals surface area (Å²) in [6.07, 6.45) is -11.4. The van der Waals surface area contributed by atoms with Crippen LogP contribution in [-0.4, -0.2) is 41.2 Å². The SMILES string of the molecule is CCS(=O)(=O)c1cc(-c2ccc(OC(F)(F)C(F)F)cc2)cnc1-n1cnc2cc(C(F)(F)F)ccc2c1=O. The van der Waals surface area contributed by atoms with Gasteiger partial charge in [0.05, 0.1) is 22.2 Å². The highest BCUT2D eigenvalue weighted by atomic mass is 32.2. The molecule has 206 valence electrons. The largest absolute Gasteiger partial charge is 0.461 e. The summed E-state index contributed by atoms with van der Waals surface area (Å²) >= 11 is 0. The monoisotopic (exact) mass is 575 g/mol. The normalized spacial score (nSPS) is 12.7. The van der Waals surface area contributed by atoms with Crippen molar-refractivity contribution in [3.63, 3.8) is 0 Å². The van der Waals surface area contributed by atoms with Crippen LogP contribution in [0.4, 0.5) is 30.7 Å². The van der Waals surface area contributed by atoms with E-state index in [0.717, 1.165) is 41.4 Å². The molecular formula is C24H16F7N3O4S. The zero-order chi connectivity index (χ0) is 28.8. The minimum Gasteiger partial charge on any atom is -0.428 e. The lowest BCUT2D eigenvalue weighted by Crippen LogP contribution is -2.33. The quantitative estimate of drug-likeness (QED) is 0.271. The number of hydrogen-bond acceptors (Lipinski definition) is 6. The fourth-order valence-electron chi connectivity index (χ4n) is 3.53. The number of halogens is 7. The van der Waals surface area contributed by atoms with E-state index in [1.165, 1.54) is 19.1 Å². The average Bonchev–Trinajstić information content (AvgIpc) is 2.88. The Morgan fingerprint density at radius 2 is 1.62 bits per heavy atom. The Bertz CT molecular complexity index is 1700. The van der Waals surface area contributed by atoms with Gasteiger partial charge in [0, 0.05) is 11.8 Å². The lowest BCUT2D eigenvalue weighted by Gasteiger charge is -2.17. The van der Waals surface area contributed by atoms with E-state index >= 15 is 0 Å². The lowest BCUT2D eigenvalue weighted by molar-refractivity contribution is -0.253. The third kappa shape index (κ3) is 5.57. The highest BCUT2D eigenvalue weighted by molar-refractivity contribution is 7.91. The van der Waals surface area contributed by atoms with Gasteiger partial charge in [-0.1, -0.05) is 19.1 Å². The predicted molar refractivity (Wildman–Crippen MR) is 125 cm³/mol. The van der Waals surface area contributed by atoms with E-state index in [9.17, 15) is 43.9 Å². The van der Waals surface area contributed by atoms with Crippen molar-refractivity contribution in [2.45, 2.75) is 30.5 Å². The van der Waals surface area contributed by atoms with Crippen molar-refractivity contribution in [3.05, 3.63) is 77.0 Å². The van der Waals surface area contributed by atoms with Gasteiger partial charge in [0.25, 0.3) is 5.56 Å². The molecule has 0 radical (unpaired) electrons. The summed E-state index contributed by atoms with van der Waals surface area (Å²) in [4.78, 5) is 20.6. The number of rotatable bonds is 7. The maximum atomic E-state index is 13.2. The van der Waals surface area contributed by atoms with Crippen LogP contribution in [-0.2, 0) is 16.0 Å². The second-order valence-electron chi connectivity index (χ2n) is 8.09. The maximum absolute atomic E-state index is 13.2. The molecule has 0 spiro atoms. The first-order chi connectivity index (χ1) is 18.1. The predicted octanol–water partition coefficient (Wildman–Crippen LogP) is 5.50. The van der Waals surface area contributed by atoms with Gasteiger partial charge in [-0.25, -0.2) is 23.0 Å². The van der Waals surface area contributed by atoms with Gasteiger partial charge in [0.1, 0.15) is 17.0 Å². The van der Waals surface area contributed by atoms with Crippen molar-refractivity contribution in [1.29, 1.82) is 0 Å². The first-order valence-electron chi connectivity index (χ1n) is 10.9. The molecule has 4 aromatic rings. The molecule has 0 aliphatic rings. The highest BCUT2D eigenvalue weighted by Crippen LogP contribution is 2.32. The number of nitrogens with zero attached hydrogens (tertiary/aromatic N) is 3. The molecule has 0 fully saturated rings. The molecule has 0 aliphatic heterocycles. The van der Waals surface area contributed by atoms with Crippen molar-refractivity contribution >= 4 is 20.7 Å². The van der Waals surface area contributed by atoms with E-state index in [1.54, 1.807) is 0 Å². The number of pyridine rings is 1. The molecule has 15 heteroatoms. The zero-order valence-corrected chi connectivity index (χ0v) is 20.4. The number of hydrogen-bond donors (Lipinski definition) is 0. The summed E-state index contributed by atoms with van der Waals surface area (Å²) < 4.78 is 121. The van der Waals surface area contributed by atoms with Gasteiger partial charge >= 0.3 is 18.7 Å². The average molecular weight is 575 g/mol. The van der Waals surface area contributed by atoms with E-state index in [-0.39, 0.29) is 27.8 Å². The molecule has 0 saturated heterocycles. The van der Waals surface area contributed by atoms with Crippen LogP contribution in [0.1, 0.15) is 12.5 Å². The molecular weight excluding hydrogens is 559 g/mol.